The van der Waals surface area contributed by atoms with Gasteiger partial charge in [0.25, 0.3) is 0 Å². The molecular weight excluding hydrogens is 217 g/mol. The summed E-state index contributed by atoms with van der Waals surface area (Å²) in [5, 5.41) is 11.7. The monoisotopic (exact) mass is 231 g/mol. The van der Waals surface area contributed by atoms with Crippen molar-refractivity contribution >= 4 is 17.3 Å². The van der Waals surface area contributed by atoms with E-state index in [-0.39, 0.29) is 11.6 Å². The molecule has 4 heteroatoms. The van der Waals surface area contributed by atoms with Crippen LogP contribution in [0.15, 0.2) is 18.2 Å². The average molecular weight is 232 g/mol. The second-order valence-corrected chi connectivity index (χ2v) is 3.72. The highest BCUT2D eigenvalue weighted by molar-refractivity contribution is 6.31. The second kappa shape index (κ2) is 6.64. The van der Waals surface area contributed by atoms with Crippen LogP contribution in [-0.4, -0.2) is 18.3 Å². The third-order valence-electron chi connectivity index (χ3n) is 2.10. The predicted molar refractivity (Wildman–Crippen MR) is 60.8 cm³/mol. The first kappa shape index (κ1) is 12.3. The van der Waals surface area contributed by atoms with Gasteiger partial charge in [-0.15, -0.1) is 0 Å². The lowest BCUT2D eigenvalue weighted by molar-refractivity contribution is 0.283. The Labute approximate surface area is 94.1 Å². The Hall–Kier alpha value is -0.800. The highest BCUT2D eigenvalue weighted by atomic mass is 35.5. The normalized spacial score (nSPS) is 10.3. The zero-order valence-electron chi connectivity index (χ0n) is 8.47. The average Bonchev–Trinajstić information content (AvgIpc) is 2.24. The molecule has 0 saturated heterocycles. The van der Waals surface area contributed by atoms with Crippen molar-refractivity contribution in [3.05, 3.63) is 29.0 Å². The van der Waals surface area contributed by atoms with Gasteiger partial charge in [0.1, 0.15) is 0 Å². The molecule has 0 fully saturated rings. The summed E-state index contributed by atoms with van der Waals surface area (Å²) in [6.07, 6.45) is 2.64. The van der Waals surface area contributed by atoms with Crippen LogP contribution in [0.2, 0.25) is 5.02 Å². The van der Waals surface area contributed by atoms with E-state index in [1.54, 1.807) is 12.1 Å². The summed E-state index contributed by atoms with van der Waals surface area (Å²) in [6.45, 7) is 0.906. The van der Waals surface area contributed by atoms with E-state index in [1.807, 2.05) is 0 Å². The molecule has 2 N–H and O–H groups in total. The molecule has 15 heavy (non-hydrogen) atoms. The molecule has 0 aliphatic carbocycles. The number of aliphatic hydroxyl groups is 1. The van der Waals surface area contributed by atoms with Gasteiger partial charge in [0.05, 0.1) is 10.7 Å². The zero-order valence-corrected chi connectivity index (χ0v) is 9.23. The summed E-state index contributed by atoms with van der Waals surface area (Å²) >= 11 is 5.63. The SMILES string of the molecule is OCCCCCNc1cccc(Cl)c1F. The Balaban J connectivity index is 2.34. The van der Waals surface area contributed by atoms with E-state index in [4.69, 9.17) is 16.7 Å². The van der Waals surface area contributed by atoms with Crippen molar-refractivity contribution in [1.29, 1.82) is 0 Å². The standard InChI is InChI=1S/C11H15ClFNO/c12-9-5-4-6-10(11(9)13)14-7-2-1-3-8-15/h4-6,14-15H,1-3,7-8H2. The first-order valence-corrected chi connectivity index (χ1v) is 5.42. The quantitative estimate of drug-likeness (QED) is 0.738. The number of aliphatic hydroxyl groups excluding tert-OH is 1. The van der Waals surface area contributed by atoms with Gasteiger partial charge in [-0.25, -0.2) is 4.39 Å². The number of nitrogens with one attached hydrogen (secondary N) is 1. The van der Waals surface area contributed by atoms with Crippen LogP contribution in [0, 0.1) is 5.82 Å². The molecule has 0 spiro atoms. The number of halogens is 2. The van der Waals surface area contributed by atoms with Gasteiger partial charge in [-0.05, 0) is 31.4 Å². The molecule has 0 aliphatic heterocycles. The van der Waals surface area contributed by atoms with Crippen LogP contribution >= 0.6 is 11.6 Å². The fourth-order valence-electron chi connectivity index (χ4n) is 1.28. The highest BCUT2D eigenvalue weighted by Gasteiger charge is 2.04. The first-order valence-electron chi connectivity index (χ1n) is 5.04. The molecule has 0 atom stereocenters. The second-order valence-electron chi connectivity index (χ2n) is 3.31. The van der Waals surface area contributed by atoms with E-state index >= 15 is 0 Å². The molecule has 1 aromatic rings. The fourth-order valence-corrected chi connectivity index (χ4v) is 1.45. The molecule has 0 heterocycles. The Morgan fingerprint density at radius 3 is 2.80 bits per heavy atom. The van der Waals surface area contributed by atoms with Crippen molar-refractivity contribution in [3.8, 4) is 0 Å². The van der Waals surface area contributed by atoms with Gasteiger partial charge in [0, 0.05) is 13.2 Å². The Bertz CT molecular complexity index is 307. The van der Waals surface area contributed by atoms with Crippen LogP contribution in [0.4, 0.5) is 10.1 Å². The van der Waals surface area contributed by atoms with E-state index in [9.17, 15) is 4.39 Å². The molecule has 1 rings (SSSR count). The summed E-state index contributed by atoms with van der Waals surface area (Å²) in [5.74, 6) is -0.402. The van der Waals surface area contributed by atoms with Gasteiger partial charge >= 0.3 is 0 Å². The number of benzene rings is 1. The maximum atomic E-state index is 13.3. The Morgan fingerprint density at radius 1 is 1.27 bits per heavy atom. The van der Waals surface area contributed by atoms with Crippen LogP contribution in [0.1, 0.15) is 19.3 Å². The maximum absolute atomic E-state index is 13.3. The van der Waals surface area contributed by atoms with E-state index in [0.29, 0.717) is 12.2 Å². The van der Waals surface area contributed by atoms with Crippen molar-refractivity contribution in [2.45, 2.75) is 19.3 Å². The van der Waals surface area contributed by atoms with Gasteiger partial charge in [-0.3, -0.25) is 0 Å². The van der Waals surface area contributed by atoms with E-state index in [0.717, 1.165) is 19.3 Å². The van der Waals surface area contributed by atoms with E-state index < -0.39 is 5.82 Å². The number of unbranched alkanes of at least 4 members (excludes halogenated alkanes) is 2. The van der Waals surface area contributed by atoms with Gasteiger partial charge in [0.15, 0.2) is 5.82 Å². The molecule has 0 radical (unpaired) electrons. The minimum atomic E-state index is -0.402. The topological polar surface area (TPSA) is 32.3 Å². The number of anilines is 1. The summed E-state index contributed by atoms with van der Waals surface area (Å²) < 4.78 is 13.3. The smallest absolute Gasteiger partial charge is 0.164 e. The van der Waals surface area contributed by atoms with Crippen LogP contribution in [-0.2, 0) is 0 Å². The minimum absolute atomic E-state index is 0.135. The zero-order chi connectivity index (χ0) is 11.1. The molecule has 1 aromatic carbocycles. The van der Waals surface area contributed by atoms with Crippen LogP contribution in [0.25, 0.3) is 0 Å². The van der Waals surface area contributed by atoms with Gasteiger partial charge in [0.2, 0.25) is 0 Å². The maximum Gasteiger partial charge on any atom is 0.164 e. The fraction of sp³-hybridized carbons (Fsp3) is 0.455. The molecule has 2 nitrogen and oxygen atoms in total. The molecule has 0 bridgehead atoms. The summed E-state index contributed by atoms with van der Waals surface area (Å²) in [4.78, 5) is 0. The van der Waals surface area contributed by atoms with Crippen molar-refractivity contribution in [2.24, 2.45) is 0 Å². The summed E-state index contributed by atoms with van der Waals surface area (Å²) in [7, 11) is 0. The molecule has 0 amide bonds. The molecule has 0 saturated carbocycles. The lowest BCUT2D eigenvalue weighted by Gasteiger charge is -2.07. The van der Waals surface area contributed by atoms with Crippen molar-refractivity contribution in [3.63, 3.8) is 0 Å². The molecular formula is C11H15ClFNO. The number of hydrogen-bond acceptors (Lipinski definition) is 2. The van der Waals surface area contributed by atoms with Crippen molar-refractivity contribution < 1.29 is 9.50 Å². The number of rotatable bonds is 6. The van der Waals surface area contributed by atoms with Crippen LogP contribution < -0.4 is 5.32 Å². The largest absolute Gasteiger partial charge is 0.396 e. The van der Waals surface area contributed by atoms with Gasteiger partial charge < -0.3 is 10.4 Å². The highest BCUT2D eigenvalue weighted by Crippen LogP contribution is 2.21. The minimum Gasteiger partial charge on any atom is -0.396 e. The Morgan fingerprint density at radius 2 is 2.07 bits per heavy atom. The lowest BCUT2D eigenvalue weighted by Crippen LogP contribution is -2.03. The molecule has 0 unspecified atom stereocenters. The third-order valence-corrected chi connectivity index (χ3v) is 2.39. The first-order chi connectivity index (χ1) is 7.25. The van der Waals surface area contributed by atoms with Crippen LogP contribution in [0.3, 0.4) is 0 Å². The molecule has 0 aromatic heterocycles. The Kier molecular flexibility index (Phi) is 5.43. The molecule has 84 valence electrons. The van der Waals surface area contributed by atoms with Crippen LogP contribution in [0.5, 0.6) is 0 Å². The predicted octanol–water partition coefficient (Wildman–Crippen LogP) is 3.05. The van der Waals surface area contributed by atoms with Gasteiger partial charge in [-0.2, -0.15) is 0 Å². The van der Waals surface area contributed by atoms with Crippen molar-refractivity contribution in [1.82, 2.24) is 0 Å². The molecule has 0 aliphatic rings. The summed E-state index contributed by atoms with van der Waals surface area (Å²) in [6, 6.07) is 4.89. The summed E-state index contributed by atoms with van der Waals surface area (Å²) in [5.41, 5.74) is 0.437. The van der Waals surface area contributed by atoms with Gasteiger partial charge in [-0.1, -0.05) is 17.7 Å². The van der Waals surface area contributed by atoms with E-state index in [2.05, 4.69) is 5.32 Å². The van der Waals surface area contributed by atoms with E-state index in [1.165, 1.54) is 6.07 Å². The lowest BCUT2D eigenvalue weighted by atomic mass is 10.2. The van der Waals surface area contributed by atoms with Crippen molar-refractivity contribution in [2.75, 3.05) is 18.5 Å². The third kappa shape index (κ3) is 4.06. The number of hydrogen-bond donors (Lipinski definition) is 2.